The van der Waals surface area contributed by atoms with Crippen molar-refractivity contribution in [3.05, 3.63) is 125 Å². The first kappa shape index (κ1) is 29.4. The molecule has 216 valence electrons. The smallest absolute Gasteiger partial charge is 0.338 e. The first-order valence-electron chi connectivity index (χ1n) is 13.7. The Balaban J connectivity index is 1.54. The molecule has 0 saturated carbocycles. The molecule has 0 fully saturated rings. The monoisotopic (exact) mass is 602 g/mol. The molecule has 0 radical (unpaired) electrons. The number of thiazole rings is 1. The van der Waals surface area contributed by atoms with Crippen molar-refractivity contribution in [3.8, 4) is 11.5 Å². The van der Waals surface area contributed by atoms with Gasteiger partial charge in [-0.1, -0.05) is 71.0 Å². The number of ether oxygens (including phenoxy) is 3. The van der Waals surface area contributed by atoms with Crippen LogP contribution in [-0.4, -0.2) is 23.8 Å². The maximum atomic E-state index is 13.9. The Kier molecular flexibility index (Phi) is 8.94. The lowest BCUT2D eigenvalue weighted by Crippen LogP contribution is -2.39. The maximum Gasteiger partial charge on any atom is 0.338 e. The Hall–Kier alpha value is -4.14. The van der Waals surface area contributed by atoms with E-state index in [0.717, 1.165) is 22.3 Å². The Morgan fingerprint density at radius 3 is 2.40 bits per heavy atom. The van der Waals surface area contributed by atoms with Crippen LogP contribution >= 0.6 is 22.9 Å². The highest BCUT2D eigenvalue weighted by Crippen LogP contribution is 2.32. The van der Waals surface area contributed by atoms with Crippen molar-refractivity contribution < 1.29 is 19.0 Å². The third-order valence-corrected chi connectivity index (χ3v) is 8.02. The summed E-state index contributed by atoms with van der Waals surface area (Å²) < 4.78 is 19.4. The summed E-state index contributed by atoms with van der Waals surface area (Å²) in [5.74, 6) is 0.694. The van der Waals surface area contributed by atoms with Gasteiger partial charge in [0.25, 0.3) is 5.56 Å². The molecule has 1 aliphatic rings. The fourth-order valence-corrected chi connectivity index (χ4v) is 5.92. The zero-order valence-corrected chi connectivity index (χ0v) is 25.4. The number of carbonyl (C=O) groups excluding carboxylic acids is 1. The van der Waals surface area contributed by atoms with Crippen molar-refractivity contribution >= 4 is 35.0 Å². The number of halogens is 1. The third kappa shape index (κ3) is 6.20. The van der Waals surface area contributed by atoms with Crippen LogP contribution in [0.3, 0.4) is 0 Å². The van der Waals surface area contributed by atoms with E-state index in [9.17, 15) is 9.59 Å². The van der Waals surface area contributed by atoms with E-state index in [1.165, 1.54) is 11.3 Å². The number of aryl methyl sites for hydroxylation is 1. The lowest BCUT2D eigenvalue weighted by molar-refractivity contribution is -0.139. The lowest BCUT2D eigenvalue weighted by atomic mass is 9.95. The topological polar surface area (TPSA) is 79.1 Å². The standard InChI is InChI=1S/C33H31ClN2O5S/c1-5-39-27-17-23(11-16-26(27)41-19-22-9-14-25(34)15-10-22)18-28-31(37)36-30(24-12-7-20(3)8-13-24)29(32(38)40-6-2)21(4)35-33(36)42-28/h7-18,30H,5-6,19H2,1-4H3/b28-18+. The largest absolute Gasteiger partial charge is 0.490 e. The minimum absolute atomic E-state index is 0.224. The maximum absolute atomic E-state index is 13.9. The van der Waals surface area contributed by atoms with Crippen LogP contribution in [0.2, 0.25) is 5.02 Å². The number of esters is 1. The molecule has 5 rings (SSSR count). The van der Waals surface area contributed by atoms with E-state index in [1.807, 2.05) is 86.7 Å². The highest BCUT2D eigenvalue weighted by molar-refractivity contribution is 7.07. The molecule has 4 aromatic rings. The Labute approximate surface area is 253 Å². The van der Waals surface area contributed by atoms with Crippen LogP contribution in [0.5, 0.6) is 11.5 Å². The highest BCUT2D eigenvalue weighted by atomic mass is 35.5. The second-order valence-electron chi connectivity index (χ2n) is 9.77. The van der Waals surface area contributed by atoms with Gasteiger partial charge in [0, 0.05) is 5.02 Å². The molecule has 0 spiro atoms. The lowest BCUT2D eigenvalue weighted by Gasteiger charge is -2.24. The molecule has 1 atom stereocenters. The number of benzene rings is 3. The Bertz CT molecular complexity index is 1820. The van der Waals surface area contributed by atoms with E-state index in [-0.39, 0.29) is 12.2 Å². The van der Waals surface area contributed by atoms with E-state index in [2.05, 4.69) is 4.99 Å². The predicted octanol–water partition coefficient (Wildman–Crippen LogP) is 5.74. The molecule has 0 bridgehead atoms. The van der Waals surface area contributed by atoms with E-state index < -0.39 is 12.0 Å². The van der Waals surface area contributed by atoms with Gasteiger partial charge in [-0.25, -0.2) is 9.79 Å². The van der Waals surface area contributed by atoms with Gasteiger partial charge in [0.1, 0.15) is 6.61 Å². The van der Waals surface area contributed by atoms with Crippen LogP contribution in [0, 0.1) is 6.92 Å². The Morgan fingerprint density at radius 2 is 1.71 bits per heavy atom. The molecule has 0 amide bonds. The van der Waals surface area contributed by atoms with Crippen molar-refractivity contribution in [1.29, 1.82) is 0 Å². The first-order chi connectivity index (χ1) is 20.3. The van der Waals surface area contributed by atoms with E-state index >= 15 is 0 Å². The van der Waals surface area contributed by atoms with Crippen molar-refractivity contribution in [2.24, 2.45) is 4.99 Å². The molecular formula is C33H31ClN2O5S. The number of carbonyl (C=O) groups is 1. The molecule has 3 aromatic carbocycles. The summed E-state index contributed by atoms with van der Waals surface area (Å²) in [5.41, 5.74) is 4.30. The van der Waals surface area contributed by atoms with Crippen LogP contribution in [0.25, 0.3) is 6.08 Å². The van der Waals surface area contributed by atoms with Crippen molar-refractivity contribution in [2.75, 3.05) is 13.2 Å². The predicted molar refractivity (Wildman–Crippen MR) is 165 cm³/mol. The zero-order valence-electron chi connectivity index (χ0n) is 23.8. The van der Waals surface area contributed by atoms with Crippen molar-refractivity contribution in [3.63, 3.8) is 0 Å². The molecular weight excluding hydrogens is 572 g/mol. The number of aromatic nitrogens is 1. The van der Waals surface area contributed by atoms with Gasteiger partial charge in [-0.2, -0.15) is 0 Å². The first-order valence-corrected chi connectivity index (χ1v) is 14.9. The molecule has 2 heterocycles. The summed E-state index contributed by atoms with van der Waals surface area (Å²) in [5, 5.41) is 0.667. The van der Waals surface area contributed by atoms with Crippen LogP contribution in [0.4, 0.5) is 0 Å². The third-order valence-electron chi connectivity index (χ3n) is 6.78. The van der Waals surface area contributed by atoms with Crippen LogP contribution in [0.15, 0.2) is 87.8 Å². The van der Waals surface area contributed by atoms with Crippen LogP contribution in [-0.2, 0) is 16.1 Å². The minimum Gasteiger partial charge on any atom is -0.490 e. The molecule has 0 saturated heterocycles. The summed E-state index contributed by atoms with van der Waals surface area (Å²) in [6.45, 7) is 8.47. The minimum atomic E-state index is -0.648. The van der Waals surface area contributed by atoms with Gasteiger partial charge < -0.3 is 14.2 Å². The molecule has 7 nitrogen and oxygen atoms in total. The number of nitrogens with zero attached hydrogens (tertiary/aromatic N) is 2. The van der Waals surface area contributed by atoms with Crippen molar-refractivity contribution in [2.45, 2.75) is 40.3 Å². The quantitative estimate of drug-likeness (QED) is 0.228. The van der Waals surface area contributed by atoms with Gasteiger partial charge in [-0.3, -0.25) is 9.36 Å². The fourth-order valence-electron chi connectivity index (χ4n) is 4.75. The van der Waals surface area contributed by atoms with E-state index in [0.29, 0.717) is 50.3 Å². The summed E-state index contributed by atoms with van der Waals surface area (Å²) in [6, 6.07) is 20.2. The zero-order chi connectivity index (χ0) is 29.8. The molecule has 42 heavy (non-hydrogen) atoms. The summed E-state index contributed by atoms with van der Waals surface area (Å²) in [6.07, 6.45) is 1.81. The fraction of sp³-hybridized carbons (Fsp3) is 0.242. The number of fused-ring (bicyclic) bond motifs is 1. The molecule has 1 aromatic heterocycles. The van der Waals surface area contributed by atoms with Gasteiger partial charge in [-0.05, 0) is 74.7 Å². The Morgan fingerprint density at radius 1 is 0.976 bits per heavy atom. The van der Waals surface area contributed by atoms with Gasteiger partial charge >= 0.3 is 5.97 Å². The number of rotatable bonds is 9. The second-order valence-corrected chi connectivity index (χ2v) is 11.2. The van der Waals surface area contributed by atoms with E-state index in [1.54, 1.807) is 18.4 Å². The number of hydrogen-bond acceptors (Lipinski definition) is 7. The molecule has 1 aliphatic heterocycles. The van der Waals surface area contributed by atoms with Gasteiger partial charge in [0.05, 0.1) is 35.1 Å². The summed E-state index contributed by atoms with van der Waals surface area (Å²) in [7, 11) is 0. The average Bonchev–Trinajstić information content (AvgIpc) is 3.27. The molecule has 9 heteroatoms. The molecule has 0 aliphatic carbocycles. The second kappa shape index (κ2) is 12.8. The van der Waals surface area contributed by atoms with Crippen LogP contribution < -0.4 is 24.4 Å². The SMILES string of the molecule is CCOC(=O)C1=C(C)N=c2s/c(=C/c3ccc(OCc4ccc(Cl)cc4)c(OCC)c3)c(=O)n2C1c1ccc(C)cc1. The van der Waals surface area contributed by atoms with Gasteiger partial charge in [0.2, 0.25) is 0 Å². The number of hydrogen-bond donors (Lipinski definition) is 0. The van der Waals surface area contributed by atoms with Crippen LogP contribution in [0.1, 0.15) is 49.1 Å². The van der Waals surface area contributed by atoms with Gasteiger partial charge in [-0.15, -0.1) is 0 Å². The molecule has 0 N–H and O–H groups in total. The number of allylic oxidation sites excluding steroid dienone is 1. The summed E-state index contributed by atoms with van der Waals surface area (Å²) >= 11 is 7.27. The van der Waals surface area contributed by atoms with Crippen molar-refractivity contribution in [1.82, 2.24) is 4.57 Å². The average molecular weight is 603 g/mol. The normalized spacial score (nSPS) is 14.8. The van der Waals surface area contributed by atoms with Gasteiger partial charge in [0.15, 0.2) is 16.3 Å². The summed E-state index contributed by atoms with van der Waals surface area (Å²) in [4.78, 5) is 32.2. The molecule has 1 unspecified atom stereocenters. The highest BCUT2D eigenvalue weighted by Gasteiger charge is 2.33. The van der Waals surface area contributed by atoms with E-state index in [4.69, 9.17) is 25.8 Å².